The van der Waals surface area contributed by atoms with Crippen LogP contribution in [0.25, 0.3) is 10.4 Å². The van der Waals surface area contributed by atoms with Crippen molar-refractivity contribution in [1.29, 1.82) is 0 Å². The van der Waals surface area contributed by atoms with Crippen molar-refractivity contribution in [1.82, 2.24) is 4.90 Å². The number of hydrogen-bond acceptors (Lipinski definition) is 4. The molecule has 0 unspecified atom stereocenters. The summed E-state index contributed by atoms with van der Waals surface area (Å²) in [6.45, 7) is 2.05. The van der Waals surface area contributed by atoms with Crippen LogP contribution in [0, 0.1) is 0 Å². The fraction of sp³-hybridized carbons (Fsp3) is 0.333. The first-order valence-electron chi connectivity index (χ1n) is 8.07. The Labute approximate surface area is 146 Å². The van der Waals surface area contributed by atoms with Gasteiger partial charge in [-0.3, -0.25) is 0 Å². The van der Waals surface area contributed by atoms with Crippen molar-refractivity contribution in [2.24, 2.45) is 5.11 Å². The van der Waals surface area contributed by atoms with Crippen molar-refractivity contribution >= 4 is 28.8 Å². The minimum absolute atomic E-state index is 0.662. The Balaban J connectivity index is 1.90. The van der Waals surface area contributed by atoms with Gasteiger partial charge >= 0.3 is 0 Å². The molecule has 0 fully saturated rings. The summed E-state index contributed by atoms with van der Waals surface area (Å²) in [6, 6.07) is 14.4. The van der Waals surface area contributed by atoms with Crippen LogP contribution >= 0.6 is 11.8 Å². The number of rotatable bonds is 6. The summed E-state index contributed by atoms with van der Waals surface area (Å²) in [6.07, 6.45) is 2.27. The fourth-order valence-corrected chi connectivity index (χ4v) is 3.95. The zero-order valence-corrected chi connectivity index (χ0v) is 14.8. The molecule has 3 rings (SSSR count). The third kappa shape index (κ3) is 3.67. The second-order valence-electron chi connectivity index (χ2n) is 6.07. The summed E-state index contributed by atoms with van der Waals surface area (Å²) in [5.74, 6) is 0. The van der Waals surface area contributed by atoms with E-state index in [1.807, 2.05) is 18.2 Å². The molecule has 0 atom stereocenters. The molecule has 6 heteroatoms. The molecule has 0 bridgehead atoms. The summed E-state index contributed by atoms with van der Waals surface area (Å²) < 4.78 is 0. The molecule has 1 heterocycles. The lowest BCUT2D eigenvalue weighted by Gasteiger charge is -2.33. The normalized spacial score (nSPS) is 12.5. The van der Waals surface area contributed by atoms with Gasteiger partial charge in [-0.05, 0) is 63.3 Å². The molecule has 0 amide bonds. The van der Waals surface area contributed by atoms with E-state index in [9.17, 15) is 0 Å². The van der Waals surface area contributed by atoms with Crippen molar-refractivity contribution in [3.05, 3.63) is 52.9 Å². The first-order chi connectivity index (χ1) is 11.7. The van der Waals surface area contributed by atoms with Crippen molar-refractivity contribution < 1.29 is 0 Å². The topological polar surface area (TPSA) is 55.2 Å². The summed E-state index contributed by atoms with van der Waals surface area (Å²) in [5, 5.41) is 3.76. The van der Waals surface area contributed by atoms with Crippen LogP contribution in [0.1, 0.15) is 12.8 Å². The number of unbranched alkanes of at least 4 members (excludes halogenated alkanes) is 1. The maximum absolute atomic E-state index is 8.71. The highest BCUT2D eigenvalue weighted by atomic mass is 32.2. The van der Waals surface area contributed by atoms with Crippen LogP contribution < -0.4 is 4.90 Å². The van der Waals surface area contributed by atoms with Crippen molar-refractivity contribution in [2.75, 3.05) is 32.1 Å². The number of azide groups is 1. The predicted molar refractivity (Wildman–Crippen MR) is 101 cm³/mol. The van der Waals surface area contributed by atoms with E-state index in [-0.39, 0.29) is 0 Å². The van der Waals surface area contributed by atoms with Gasteiger partial charge in [0.05, 0.1) is 11.4 Å². The van der Waals surface area contributed by atoms with Gasteiger partial charge in [0.2, 0.25) is 0 Å². The average molecular weight is 339 g/mol. The molecule has 24 heavy (non-hydrogen) atoms. The number of nitrogens with zero attached hydrogens (tertiary/aromatic N) is 5. The quantitative estimate of drug-likeness (QED) is 0.299. The van der Waals surface area contributed by atoms with Gasteiger partial charge in [-0.2, -0.15) is 0 Å². The van der Waals surface area contributed by atoms with Gasteiger partial charge < -0.3 is 9.80 Å². The fourth-order valence-electron chi connectivity index (χ4n) is 2.87. The van der Waals surface area contributed by atoms with E-state index < -0.39 is 0 Å². The lowest BCUT2D eigenvalue weighted by molar-refractivity contribution is 0.395. The smallest absolute Gasteiger partial charge is 0.0557 e. The monoisotopic (exact) mass is 339 g/mol. The van der Waals surface area contributed by atoms with Crippen LogP contribution in [-0.4, -0.2) is 32.1 Å². The molecule has 2 aromatic rings. The van der Waals surface area contributed by atoms with E-state index in [0.29, 0.717) is 5.69 Å². The molecular formula is C18H21N5S. The molecule has 0 aliphatic carbocycles. The predicted octanol–water partition coefficient (Wildman–Crippen LogP) is 5.57. The van der Waals surface area contributed by atoms with E-state index in [1.165, 1.54) is 15.5 Å². The summed E-state index contributed by atoms with van der Waals surface area (Å²) in [4.78, 5) is 9.96. The Morgan fingerprint density at radius 2 is 1.88 bits per heavy atom. The van der Waals surface area contributed by atoms with E-state index in [0.717, 1.165) is 31.6 Å². The van der Waals surface area contributed by atoms with E-state index >= 15 is 0 Å². The second-order valence-corrected chi connectivity index (χ2v) is 7.16. The summed E-state index contributed by atoms with van der Waals surface area (Å²) in [7, 11) is 4.21. The van der Waals surface area contributed by atoms with Crippen LogP contribution in [0.2, 0.25) is 0 Å². The van der Waals surface area contributed by atoms with Crippen LogP contribution in [-0.2, 0) is 0 Å². The SMILES string of the molecule is CN(C)CCCCN1c2ccccc2Sc2ccc(N=[N+]=[N-])cc21. The molecule has 2 aromatic carbocycles. The Hall–Kier alpha value is -2.14. The molecule has 0 aromatic heterocycles. The lowest BCUT2D eigenvalue weighted by atomic mass is 10.2. The number of benzene rings is 2. The van der Waals surface area contributed by atoms with Gasteiger partial charge in [0.15, 0.2) is 0 Å². The zero-order chi connectivity index (χ0) is 16.9. The van der Waals surface area contributed by atoms with E-state index in [1.54, 1.807) is 11.8 Å². The highest BCUT2D eigenvalue weighted by Crippen LogP contribution is 2.49. The third-order valence-electron chi connectivity index (χ3n) is 4.01. The first-order valence-corrected chi connectivity index (χ1v) is 8.89. The molecule has 0 saturated carbocycles. The highest BCUT2D eigenvalue weighted by Gasteiger charge is 2.22. The summed E-state index contributed by atoms with van der Waals surface area (Å²) in [5.41, 5.74) is 11.7. The maximum Gasteiger partial charge on any atom is 0.0557 e. The van der Waals surface area contributed by atoms with Crippen molar-refractivity contribution in [3.8, 4) is 0 Å². The molecule has 0 spiro atoms. The Morgan fingerprint density at radius 3 is 2.67 bits per heavy atom. The van der Waals surface area contributed by atoms with Gasteiger partial charge in [0.1, 0.15) is 0 Å². The lowest BCUT2D eigenvalue weighted by Crippen LogP contribution is -2.23. The molecule has 1 aliphatic heterocycles. The van der Waals surface area contributed by atoms with Crippen LogP contribution in [0.3, 0.4) is 0 Å². The van der Waals surface area contributed by atoms with Crippen LogP contribution in [0.15, 0.2) is 57.4 Å². The minimum Gasteiger partial charge on any atom is -0.340 e. The standard InChI is InChI=1S/C18H21N5S/c1-22(2)11-5-6-12-23-15-7-3-4-8-17(15)24-18-10-9-14(20-21-19)13-16(18)23/h3-4,7-10,13H,5-6,11-12H2,1-2H3. The van der Waals surface area contributed by atoms with Gasteiger partial charge in [-0.15, -0.1) is 0 Å². The molecule has 0 N–H and O–H groups in total. The number of anilines is 2. The van der Waals surface area contributed by atoms with Gasteiger partial charge in [0, 0.05) is 26.9 Å². The minimum atomic E-state index is 0.662. The zero-order valence-electron chi connectivity index (χ0n) is 14.0. The first kappa shape index (κ1) is 16.7. The van der Waals surface area contributed by atoms with Crippen LogP contribution in [0.5, 0.6) is 0 Å². The molecule has 1 aliphatic rings. The Kier molecular flexibility index (Phi) is 5.30. The van der Waals surface area contributed by atoms with Gasteiger partial charge in [-0.25, -0.2) is 0 Å². The van der Waals surface area contributed by atoms with Crippen molar-refractivity contribution in [3.63, 3.8) is 0 Å². The third-order valence-corrected chi connectivity index (χ3v) is 5.14. The molecule has 0 saturated heterocycles. The number of hydrogen-bond donors (Lipinski definition) is 0. The number of para-hydroxylation sites is 1. The van der Waals surface area contributed by atoms with Crippen molar-refractivity contribution in [2.45, 2.75) is 22.6 Å². The van der Waals surface area contributed by atoms with Gasteiger partial charge in [-0.1, -0.05) is 35.1 Å². The van der Waals surface area contributed by atoms with E-state index in [4.69, 9.17) is 5.53 Å². The molecular weight excluding hydrogens is 318 g/mol. The molecule has 124 valence electrons. The molecule has 0 radical (unpaired) electrons. The van der Waals surface area contributed by atoms with Gasteiger partial charge in [0.25, 0.3) is 0 Å². The number of fused-ring (bicyclic) bond motifs is 2. The second kappa shape index (κ2) is 7.62. The Bertz CT molecular complexity index is 768. The van der Waals surface area contributed by atoms with Crippen LogP contribution in [0.4, 0.5) is 17.1 Å². The molecule has 5 nitrogen and oxygen atoms in total. The highest BCUT2D eigenvalue weighted by molar-refractivity contribution is 7.99. The van der Waals surface area contributed by atoms with E-state index in [2.05, 4.69) is 58.2 Å². The average Bonchev–Trinajstić information content (AvgIpc) is 2.58. The summed E-state index contributed by atoms with van der Waals surface area (Å²) >= 11 is 1.77. The maximum atomic E-state index is 8.71. The Morgan fingerprint density at radius 1 is 1.08 bits per heavy atom. The largest absolute Gasteiger partial charge is 0.340 e.